The number of aromatic nitrogens is 3. The lowest BCUT2D eigenvalue weighted by Gasteiger charge is -2.00. The zero-order chi connectivity index (χ0) is 8.55. The average Bonchev–Trinajstić information content (AvgIpc) is 2.47. The van der Waals surface area contributed by atoms with Crippen molar-refractivity contribution < 1.29 is 0 Å². The van der Waals surface area contributed by atoms with E-state index in [1.807, 2.05) is 35.7 Å². The molecule has 2 rings (SSSR count). The second kappa shape index (κ2) is 3.72. The predicted molar refractivity (Wildman–Crippen MR) is 52.8 cm³/mol. The van der Waals surface area contributed by atoms with Crippen molar-refractivity contribution in [1.29, 1.82) is 0 Å². The molecule has 0 unspecified atom stereocenters. The molecule has 0 saturated heterocycles. The normalized spacial score (nSPS) is 12.5. The van der Waals surface area contributed by atoms with Gasteiger partial charge in [-0.1, -0.05) is 6.07 Å². The van der Waals surface area contributed by atoms with Crippen LogP contribution in [0.3, 0.4) is 0 Å². The third-order valence-corrected chi connectivity index (χ3v) is 1.75. The molecule has 2 N–H and O–H groups in total. The summed E-state index contributed by atoms with van der Waals surface area (Å²) >= 11 is 0. The number of pyridine rings is 1. The van der Waals surface area contributed by atoms with Gasteiger partial charge in [0.2, 0.25) is 0 Å². The van der Waals surface area contributed by atoms with Gasteiger partial charge in [0, 0.05) is 6.20 Å². The van der Waals surface area contributed by atoms with Crippen LogP contribution in [0.1, 0.15) is 18.8 Å². The topological polar surface area (TPSA) is 56.2 Å². The third kappa shape index (κ3) is 1.64. The van der Waals surface area contributed by atoms with Crippen molar-refractivity contribution in [2.45, 2.75) is 13.0 Å². The fourth-order valence-electron chi connectivity index (χ4n) is 1.17. The van der Waals surface area contributed by atoms with Crippen LogP contribution in [0.5, 0.6) is 0 Å². The highest BCUT2D eigenvalue weighted by Crippen LogP contribution is 2.08. The molecular weight excluding hydrogens is 188 g/mol. The van der Waals surface area contributed by atoms with E-state index >= 15 is 0 Å². The number of nitrogens with two attached hydrogens (primary N) is 1. The lowest BCUT2D eigenvalue weighted by Crippen LogP contribution is -2.09. The molecule has 13 heavy (non-hydrogen) atoms. The average molecular weight is 199 g/mol. The Bertz CT molecular complexity index is 396. The smallest absolute Gasteiger partial charge is 0.160 e. The lowest BCUT2D eigenvalue weighted by atomic mass is 10.3. The highest BCUT2D eigenvalue weighted by Gasteiger charge is 2.07. The highest BCUT2D eigenvalue weighted by atomic mass is 35.5. The van der Waals surface area contributed by atoms with E-state index in [2.05, 4.69) is 10.2 Å². The Morgan fingerprint density at radius 1 is 1.38 bits per heavy atom. The van der Waals surface area contributed by atoms with Crippen LogP contribution in [0.25, 0.3) is 5.65 Å². The Hall–Kier alpha value is -1.13. The van der Waals surface area contributed by atoms with Crippen LogP contribution in [0.4, 0.5) is 0 Å². The van der Waals surface area contributed by atoms with Gasteiger partial charge in [-0.25, -0.2) is 0 Å². The molecule has 2 heterocycles. The molecule has 4 nitrogen and oxygen atoms in total. The fraction of sp³-hybridized carbons (Fsp3) is 0.250. The first kappa shape index (κ1) is 9.95. The molecule has 0 aromatic carbocycles. The van der Waals surface area contributed by atoms with E-state index in [1.165, 1.54) is 0 Å². The van der Waals surface area contributed by atoms with Crippen LogP contribution in [0.15, 0.2) is 24.4 Å². The molecule has 0 saturated carbocycles. The van der Waals surface area contributed by atoms with Gasteiger partial charge in [0.25, 0.3) is 0 Å². The summed E-state index contributed by atoms with van der Waals surface area (Å²) in [5, 5.41) is 7.96. The summed E-state index contributed by atoms with van der Waals surface area (Å²) in [4.78, 5) is 0. The summed E-state index contributed by atoms with van der Waals surface area (Å²) in [5.74, 6) is 0.797. The van der Waals surface area contributed by atoms with E-state index in [1.54, 1.807) is 0 Å². The van der Waals surface area contributed by atoms with E-state index in [4.69, 9.17) is 5.73 Å². The van der Waals surface area contributed by atoms with Crippen molar-refractivity contribution in [1.82, 2.24) is 14.6 Å². The van der Waals surface area contributed by atoms with Crippen LogP contribution >= 0.6 is 12.4 Å². The van der Waals surface area contributed by atoms with Gasteiger partial charge >= 0.3 is 0 Å². The number of rotatable bonds is 1. The van der Waals surface area contributed by atoms with Crippen molar-refractivity contribution in [3.05, 3.63) is 30.2 Å². The second-order valence-corrected chi connectivity index (χ2v) is 2.78. The summed E-state index contributed by atoms with van der Waals surface area (Å²) in [7, 11) is 0. The summed E-state index contributed by atoms with van der Waals surface area (Å²) in [6, 6.07) is 5.68. The third-order valence-electron chi connectivity index (χ3n) is 1.75. The molecule has 2 aromatic rings. The Kier molecular flexibility index (Phi) is 2.85. The second-order valence-electron chi connectivity index (χ2n) is 2.78. The van der Waals surface area contributed by atoms with Crippen molar-refractivity contribution in [2.24, 2.45) is 5.73 Å². The number of hydrogen-bond acceptors (Lipinski definition) is 3. The molecule has 0 fully saturated rings. The van der Waals surface area contributed by atoms with E-state index in [0.717, 1.165) is 11.5 Å². The monoisotopic (exact) mass is 198 g/mol. The van der Waals surface area contributed by atoms with Crippen LogP contribution in [-0.4, -0.2) is 14.6 Å². The van der Waals surface area contributed by atoms with Gasteiger partial charge in [-0.15, -0.1) is 22.6 Å². The molecule has 0 radical (unpaired) electrons. The molecule has 0 aliphatic carbocycles. The standard InChI is InChI=1S/C8H10N4.ClH/c1-6(9)8-11-10-7-4-2-3-5-12(7)8;/h2-6H,9H2,1H3;1H/t6-;/m0./s1. The van der Waals surface area contributed by atoms with Crippen molar-refractivity contribution in [3.8, 4) is 0 Å². The quantitative estimate of drug-likeness (QED) is 0.749. The lowest BCUT2D eigenvalue weighted by molar-refractivity contribution is 0.726. The van der Waals surface area contributed by atoms with E-state index in [0.29, 0.717) is 0 Å². The molecule has 70 valence electrons. The van der Waals surface area contributed by atoms with E-state index < -0.39 is 0 Å². The molecule has 2 aromatic heterocycles. The Labute approximate surface area is 82.2 Å². The van der Waals surface area contributed by atoms with Crippen molar-refractivity contribution in [2.75, 3.05) is 0 Å². The molecule has 5 heteroatoms. The minimum Gasteiger partial charge on any atom is -0.322 e. The summed E-state index contributed by atoms with van der Waals surface area (Å²) in [6.07, 6.45) is 1.91. The minimum atomic E-state index is -0.0811. The van der Waals surface area contributed by atoms with Gasteiger partial charge in [-0.3, -0.25) is 4.40 Å². The number of hydrogen-bond donors (Lipinski definition) is 1. The van der Waals surface area contributed by atoms with Crippen LogP contribution in [0.2, 0.25) is 0 Å². The first-order chi connectivity index (χ1) is 5.79. The maximum Gasteiger partial charge on any atom is 0.160 e. The number of nitrogens with zero attached hydrogens (tertiary/aromatic N) is 3. The molecule has 1 atom stereocenters. The Morgan fingerprint density at radius 2 is 2.15 bits per heavy atom. The summed E-state index contributed by atoms with van der Waals surface area (Å²) in [6.45, 7) is 1.89. The Morgan fingerprint density at radius 3 is 2.85 bits per heavy atom. The summed E-state index contributed by atoms with van der Waals surface area (Å²) < 4.78 is 1.89. The molecule has 0 aliphatic rings. The summed E-state index contributed by atoms with van der Waals surface area (Å²) in [5.41, 5.74) is 6.54. The minimum absolute atomic E-state index is 0. The van der Waals surface area contributed by atoms with E-state index in [-0.39, 0.29) is 18.4 Å². The van der Waals surface area contributed by atoms with Gasteiger partial charge in [0.15, 0.2) is 11.5 Å². The molecule has 0 aliphatic heterocycles. The maximum atomic E-state index is 5.70. The van der Waals surface area contributed by atoms with Crippen molar-refractivity contribution >= 4 is 18.1 Å². The van der Waals surface area contributed by atoms with Gasteiger partial charge in [-0.05, 0) is 19.1 Å². The fourth-order valence-corrected chi connectivity index (χ4v) is 1.17. The van der Waals surface area contributed by atoms with Crippen LogP contribution in [-0.2, 0) is 0 Å². The van der Waals surface area contributed by atoms with Gasteiger partial charge in [-0.2, -0.15) is 0 Å². The maximum absolute atomic E-state index is 5.70. The SMILES string of the molecule is C[C@H](N)c1nnc2ccccn12.Cl. The molecule has 0 spiro atoms. The Balaban J connectivity index is 0.000000845. The molecule has 0 amide bonds. The zero-order valence-electron chi connectivity index (χ0n) is 7.21. The predicted octanol–water partition coefficient (Wildman–Crippen LogP) is 1.17. The first-order valence-corrected chi connectivity index (χ1v) is 3.84. The highest BCUT2D eigenvalue weighted by molar-refractivity contribution is 5.85. The molecular formula is C8H11ClN4. The largest absolute Gasteiger partial charge is 0.322 e. The van der Waals surface area contributed by atoms with E-state index in [9.17, 15) is 0 Å². The number of halogens is 1. The van der Waals surface area contributed by atoms with Crippen LogP contribution < -0.4 is 5.73 Å². The van der Waals surface area contributed by atoms with Crippen LogP contribution in [0, 0.1) is 0 Å². The van der Waals surface area contributed by atoms with Gasteiger partial charge < -0.3 is 5.73 Å². The first-order valence-electron chi connectivity index (χ1n) is 3.84. The van der Waals surface area contributed by atoms with Gasteiger partial charge in [0.05, 0.1) is 6.04 Å². The zero-order valence-corrected chi connectivity index (χ0v) is 8.03. The molecule has 0 bridgehead atoms. The number of fused-ring (bicyclic) bond motifs is 1. The van der Waals surface area contributed by atoms with Gasteiger partial charge in [0.1, 0.15) is 0 Å². The van der Waals surface area contributed by atoms with Crippen molar-refractivity contribution in [3.63, 3.8) is 0 Å².